The van der Waals surface area contributed by atoms with Gasteiger partial charge in [-0.15, -0.1) is 10.2 Å². The highest BCUT2D eigenvalue weighted by Gasteiger charge is 2.16. The van der Waals surface area contributed by atoms with E-state index in [1.54, 1.807) is 23.5 Å². The molecule has 0 unspecified atom stereocenters. The molecule has 0 radical (unpaired) electrons. The first kappa shape index (κ1) is 18.9. The number of hydrogen-bond donors (Lipinski definition) is 1. The minimum atomic E-state index is -0.208. The first-order valence-corrected chi connectivity index (χ1v) is 10.4. The molecule has 2 heterocycles. The predicted molar refractivity (Wildman–Crippen MR) is 112 cm³/mol. The fourth-order valence-electron chi connectivity index (χ4n) is 2.72. The van der Waals surface area contributed by atoms with E-state index in [1.807, 2.05) is 28.7 Å². The first-order valence-electron chi connectivity index (χ1n) is 8.17. The Morgan fingerprint density at radius 2 is 2.00 bits per heavy atom. The van der Waals surface area contributed by atoms with Gasteiger partial charge in [0.2, 0.25) is 10.9 Å². The van der Waals surface area contributed by atoms with E-state index in [2.05, 4.69) is 15.5 Å². The molecule has 0 saturated heterocycles. The Morgan fingerprint density at radius 1 is 1.21 bits per heavy atom. The first-order chi connectivity index (χ1) is 13.6. The summed E-state index contributed by atoms with van der Waals surface area (Å²) in [6.45, 7) is 0. The monoisotopic (exact) mass is 434 g/mol. The van der Waals surface area contributed by atoms with E-state index in [0.29, 0.717) is 27.4 Å². The van der Waals surface area contributed by atoms with Gasteiger partial charge in [0.05, 0.1) is 40.9 Å². The second-order valence-electron chi connectivity index (χ2n) is 5.69. The normalized spacial score (nSPS) is 11.1. The summed E-state index contributed by atoms with van der Waals surface area (Å²) in [5, 5.41) is 12.3. The number of fused-ring (bicyclic) bond motifs is 3. The van der Waals surface area contributed by atoms with Gasteiger partial charge in [0.15, 0.2) is 5.16 Å². The number of methoxy groups -OCH3 is 2. The molecule has 4 aromatic rings. The number of halogens is 1. The number of anilines is 1. The Bertz CT molecular complexity index is 1170. The number of thiazole rings is 1. The van der Waals surface area contributed by atoms with E-state index >= 15 is 0 Å². The van der Waals surface area contributed by atoms with Crippen molar-refractivity contribution < 1.29 is 14.3 Å². The van der Waals surface area contributed by atoms with E-state index in [1.165, 1.54) is 26.0 Å². The summed E-state index contributed by atoms with van der Waals surface area (Å²) < 4.78 is 13.6. The molecule has 0 bridgehead atoms. The molecular formula is C18H15ClN4O3S2. The van der Waals surface area contributed by atoms with Crippen molar-refractivity contribution in [3.05, 3.63) is 41.4 Å². The third-order valence-corrected chi connectivity index (χ3v) is 6.23. The molecule has 0 aliphatic rings. The van der Waals surface area contributed by atoms with Crippen molar-refractivity contribution >= 4 is 61.5 Å². The van der Waals surface area contributed by atoms with Crippen LogP contribution in [0.25, 0.3) is 15.2 Å². The van der Waals surface area contributed by atoms with Gasteiger partial charge in [-0.2, -0.15) is 0 Å². The smallest absolute Gasteiger partial charge is 0.234 e. The molecule has 10 heteroatoms. The van der Waals surface area contributed by atoms with E-state index in [-0.39, 0.29) is 11.7 Å². The van der Waals surface area contributed by atoms with Crippen LogP contribution in [0.4, 0.5) is 5.69 Å². The molecule has 2 aromatic carbocycles. The highest BCUT2D eigenvalue weighted by atomic mass is 35.5. The summed E-state index contributed by atoms with van der Waals surface area (Å²) in [7, 11) is 3.03. The van der Waals surface area contributed by atoms with Crippen LogP contribution < -0.4 is 14.8 Å². The third kappa shape index (κ3) is 3.48. The van der Waals surface area contributed by atoms with Crippen molar-refractivity contribution in [2.24, 2.45) is 0 Å². The molecule has 0 aliphatic carbocycles. The van der Waals surface area contributed by atoms with Gasteiger partial charge >= 0.3 is 0 Å². The Hall–Kier alpha value is -2.49. The van der Waals surface area contributed by atoms with Crippen LogP contribution >= 0.6 is 34.7 Å². The van der Waals surface area contributed by atoms with Crippen LogP contribution in [-0.4, -0.2) is 40.5 Å². The van der Waals surface area contributed by atoms with Crippen LogP contribution in [0.2, 0.25) is 5.02 Å². The predicted octanol–water partition coefficient (Wildman–Crippen LogP) is 4.35. The highest BCUT2D eigenvalue weighted by molar-refractivity contribution is 7.99. The minimum Gasteiger partial charge on any atom is -0.495 e. The zero-order valence-corrected chi connectivity index (χ0v) is 17.3. The molecule has 1 N–H and O–H groups in total. The number of thioether (sulfide) groups is 1. The number of rotatable bonds is 6. The Kier molecular flexibility index (Phi) is 5.29. The van der Waals surface area contributed by atoms with Crippen LogP contribution in [0.5, 0.6) is 11.5 Å². The molecule has 7 nitrogen and oxygen atoms in total. The van der Waals surface area contributed by atoms with E-state index in [9.17, 15) is 4.79 Å². The number of ether oxygens (including phenoxy) is 2. The number of carbonyl (C=O) groups is 1. The molecule has 1 amide bonds. The standard InChI is InChI=1S/C18H15ClN4O3S2/c1-25-13-8-14(26-2)11(7-10(13)19)20-16(24)9-27-17-21-22-18-23(17)12-5-3-4-6-15(12)28-18/h3-8H,9H2,1-2H3,(H,20,24). The van der Waals surface area contributed by atoms with Crippen LogP contribution in [0.1, 0.15) is 0 Å². The largest absolute Gasteiger partial charge is 0.495 e. The molecule has 0 fully saturated rings. The lowest BCUT2D eigenvalue weighted by molar-refractivity contribution is -0.113. The number of aromatic nitrogens is 3. The molecular weight excluding hydrogens is 420 g/mol. The van der Waals surface area contributed by atoms with Gasteiger partial charge in [0.25, 0.3) is 0 Å². The third-order valence-electron chi connectivity index (χ3n) is 3.99. The van der Waals surface area contributed by atoms with E-state index < -0.39 is 0 Å². The van der Waals surface area contributed by atoms with Crippen LogP contribution in [0.3, 0.4) is 0 Å². The van der Waals surface area contributed by atoms with Crippen molar-refractivity contribution in [1.82, 2.24) is 14.6 Å². The molecule has 4 rings (SSSR count). The number of nitrogens with zero attached hydrogens (tertiary/aromatic N) is 3. The fraction of sp³-hybridized carbons (Fsp3) is 0.167. The Labute approximate surface area is 173 Å². The number of carbonyl (C=O) groups excluding carboxylic acids is 1. The van der Waals surface area contributed by atoms with Gasteiger partial charge in [-0.3, -0.25) is 9.20 Å². The maximum absolute atomic E-state index is 12.5. The zero-order valence-electron chi connectivity index (χ0n) is 14.9. The summed E-state index contributed by atoms with van der Waals surface area (Å²) >= 11 is 9.03. The van der Waals surface area contributed by atoms with Crippen molar-refractivity contribution in [1.29, 1.82) is 0 Å². The van der Waals surface area contributed by atoms with Gasteiger partial charge < -0.3 is 14.8 Å². The molecule has 0 atom stereocenters. The lowest BCUT2D eigenvalue weighted by Crippen LogP contribution is -2.15. The van der Waals surface area contributed by atoms with Crippen LogP contribution in [-0.2, 0) is 4.79 Å². The van der Waals surface area contributed by atoms with Crippen molar-refractivity contribution in [2.45, 2.75) is 5.16 Å². The Morgan fingerprint density at radius 3 is 2.79 bits per heavy atom. The lowest BCUT2D eigenvalue weighted by atomic mass is 10.2. The van der Waals surface area contributed by atoms with E-state index in [0.717, 1.165) is 15.2 Å². The van der Waals surface area contributed by atoms with Crippen molar-refractivity contribution in [3.63, 3.8) is 0 Å². The average molecular weight is 435 g/mol. The van der Waals surface area contributed by atoms with Gasteiger partial charge in [-0.05, 0) is 18.2 Å². The minimum absolute atomic E-state index is 0.164. The van der Waals surface area contributed by atoms with E-state index in [4.69, 9.17) is 21.1 Å². The number of hydrogen-bond acceptors (Lipinski definition) is 7. The van der Waals surface area contributed by atoms with Gasteiger partial charge in [-0.1, -0.05) is 46.8 Å². The van der Waals surface area contributed by atoms with Gasteiger partial charge in [-0.25, -0.2) is 0 Å². The Balaban J connectivity index is 1.51. The highest BCUT2D eigenvalue weighted by Crippen LogP contribution is 2.36. The van der Waals surface area contributed by atoms with Crippen molar-refractivity contribution in [2.75, 3.05) is 25.3 Å². The summed E-state index contributed by atoms with van der Waals surface area (Å²) in [6, 6.07) is 11.2. The average Bonchev–Trinajstić information content (AvgIpc) is 3.26. The lowest BCUT2D eigenvalue weighted by Gasteiger charge is -2.12. The summed E-state index contributed by atoms with van der Waals surface area (Å²) in [5.41, 5.74) is 1.50. The second-order valence-corrected chi connectivity index (χ2v) is 8.05. The summed E-state index contributed by atoms with van der Waals surface area (Å²) in [5.74, 6) is 0.896. The molecule has 28 heavy (non-hydrogen) atoms. The SMILES string of the molecule is COc1cc(OC)c(NC(=O)CSc2nnc3sc4ccccc4n23)cc1Cl. The maximum atomic E-state index is 12.5. The molecule has 0 spiro atoms. The quantitative estimate of drug-likeness (QED) is 0.455. The fourth-order valence-corrected chi connectivity index (χ4v) is 4.73. The number of amides is 1. The molecule has 2 aromatic heterocycles. The van der Waals surface area contributed by atoms with Crippen LogP contribution in [0, 0.1) is 0 Å². The maximum Gasteiger partial charge on any atom is 0.234 e. The van der Waals surface area contributed by atoms with Crippen LogP contribution in [0.15, 0.2) is 41.6 Å². The topological polar surface area (TPSA) is 77.8 Å². The summed E-state index contributed by atoms with van der Waals surface area (Å²) in [4.78, 5) is 13.3. The molecule has 0 saturated carbocycles. The number of benzene rings is 2. The number of nitrogens with one attached hydrogen (secondary N) is 1. The molecule has 144 valence electrons. The van der Waals surface area contributed by atoms with Gasteiger partial charge in [0, 0.05) is 6.07 Å². The van der Waals surface area contributed by atoms with Crippen molar-refractivity contribution in [3.8, 4) is 11.5 Å². The molecule has 0 aliphatic heterocycles. The van der Waals surface area contributed by atoms with Gasteiger partial charge in [0.1, 0.15) is 11.5 Å². The second kappa shape index (κ2) is 7.86. The summed E-state index contributed by atoms with van der Waals surface area (Å²) in [6.07, 6.45) is 0. The number of para-hydroxylation sites is 1. The zero-order chi connectivity index (χ0) is 19.7.